The van der Waals surface area contributed by atoms with E-state index in [4.69, 9.17) is 5.73 Å². The molecule has 16 heavy (non-hydrogen) atoms. The summed E-state index contributed by atoms with van der Waals surface area (Å²) in [5, 5.41) is 8.42. The van der Waals surface area contributed by atoms with E-state index in [1.165, 1.54) is 0 Å². The Labute approximate surface area is 95.5 Å². The quantitative estimate of drug-likeness (QED) is 0.835. The molecule has 0 atom stereocenters. The van der Waals surface area contributed by atoms with Crippen molar-refractivity contribution in [3.63, 3.8) is 0 Å². The molecule has 0 unspecified atom stereocenters. The molecule has 2 aromatic heterocycles. The van der Waals surface area contributed by atoms with Gasteiger partial charge in [0.05, 0.1) is 0 Å². The molecule has 86 valence electrons. The lowest BCUT2D eigenvalue weighted by atomic mass is 9.74. The van der Waals surface area contributed by atoms with E-state index in [1.54, 1.807) is 0 Å². The van der Waals surface area contributed by atoms with Gasteiger partial charge in [-0.1, -0.05) is 19.9 Å². The standard InChI is InChI=1S/C12H18N4/c1-11(2,12(3,4)13)10-15-14-9-7-5-6-8-16(9)10/h5-8H,13H2,1-4H3. The van der Waals surface area contributed by atoms with Crippen molar-refractivity contribution < 1.29 is 0 Å². The van der Waals surface area contributed by atoms with Crippen molar-refractivity contribution in [1.29, 1.82) is 0 Å². The minimum Gasteiger partial charge on any atom is -0.325 e. The van der Waals surface area contributed by atoms with Crippen LogP contribution in [0.5, 0.6) is 0 Å². The van der Waals surface area contributed by atoms with Crippen LogP contribution in [0.15, 0.2) is 24.4 Å². The summed E-state index contributed by atoms with van der Waals surface area (Å²) in [5.74, 6) is 0.899. The van der Waals surface area contributed by atoms with Crippen LogP contribution in [0, 0.1) is 0 Å². The average Bonchev–Trinajstić information content (AvgIpc) is 2.59. The molecule has 0 spiro atoms. The summed E-state index contributed by atoms with van der Waals surface area (Å²) < 4.78 is 1.99. The van der Waals surface area contributed by atoms with Crippen molar-refractivity contribution in [3.8, 4) is 0 Å². The van der Waals surface area contributed by atoms with Crippen LogP contribution in [0.4, 0.5) is 0 Å². The van der Waals surface area contributed by atoms with Gasteiger partial charge in [-0.25, -0.2) is 0 Å². The third-order valence-corrected chi connectivity index (χ3v) is 3.48. The molecular weight excluding hydrogens is 200 g/mol. The lowest BCUT2D eigenvalue weighted by Crippen LogP contribution is -2.51. The zero-order chi connectivity index (χ0) is 12.0. The molecule has 2 aromatic rings. The second-order valence-corrected chi connectivity index (χ2v) is 5.30. The number of rotatable bonds is 2. The van der Waals surface area contributed by atoms with E-state index in [9.17, 15) is 0 Å². The van der Waals surface area contributed by atoms with Crippen molar-refractivity contribution in [2.75, 3.05) is 0 Å². The molecule has 2 rings (SSSR count). The van der Waals surface area contributed by atoms with E-state index < -0.39 is 0 Å². The fourth-order valence-electron chi connectivity index (χ4n) is 1.56. The third-order valence-electron chi connectivity index (χ3n) is 3.48. The Morgan fingerprint density at radius 3 is 2.44 bits per heavy atom. The Morgan fingerprint density at radius 1 is 1.12 bits per heavy atom. The molecule has 0 saturated carbocycles. The number of fused-ring (bicyclic) bond motifs is 1. The number of aromatic nitrogens is 3. The summed E-state index contributed by atoms with van der Waals surface area (Å²) >= 11 is 0. The second-order valence-electron chi connectivity index (χ2n) is 5.30. The molecule has 2 N–H and O–H groups in total. The van der Waals surface area contributed by atoms with Gasteiger partial charge in [0.25, 0.3) is 0 Å². The zero-order valence-electron chi connectivity index (χ0n) is 10.2. The highest BCUT2D eigenvalue weighted by molar-refractivity contribution is 5.38. The van der Waals surface area contributed by atoms with Crippen molar-refractivity contribution in [1.82, 2.24) is 14.6 Å². The van der Waals surface area contributed by atoms with Crippen LogP contribution >= 0.6 is 0 Å². The fourth-order valence-corrected chi connectivity index (χ4v) is 1.56. The SMILES string of the molecule is CC(C)(N)C(C)(C)c1nnc2ccccn12. The first kappa shape index (κ1) is 11.1. The van der Waals surface area contributed by atoms with Crippen molar-refractivity contribution in [3.05, 3.63) is 30.2 Å². The number of hydrogen-bond donors (Lipinski definition) is 1. The first-order chi connectivity index (χ1) is 7.34. The normalized spacial score (nSPS) is 13.3. The molecule has 0 saturated heterocycles. The van der Waals surface area contributed by atoms with Gasteiger partial charge in [-0.2, -0.15) is 0 Å². The molecule has 2 heterocycles. The monoisotopic (exact) mass is 218 g/mol. The summed E-state index contributed by atoms with van der Waals surface area (Å²) in [4.78, 5) is 0. The predicted molar refractivity (Wildman–Crippen MR) is 64.3 cm³/mol. The van der Waals surface area contributed by atoms with Gasteiger partial charge in [0.15, 0.2) is 5.65 Å². The lowest BCUT2D eigenvalue weighted by Gasteiger charge is -2.36. The molecule has 0 aliphatic heterocycles. The first-order valence-electron chi connectivity index (χ1n) is 5.43. The van der Waals surface area contributed by atoms with Gasteiger partial charge < -0.3 is 5.73 Å². The van der Waals surface area contributed by atoms with Gasteiger partial charge in [-0.3, -0.25) is 4.40 Å². The fraction of sp³-hybridized carbons (Fsp3) is 0.500. The van der Waals surface area contributed by atoms with Crippen LogP contribution in [-0.4, -0.2) is 20.1 Å². The second kappa shape index (κ2) is 3.28. The highest BCUT2D eigenvalue weighted by Crippen LogP contribution is 2.31. The first-order valence-corrected chi connectivity index (χ1v) is 5.43. The van der Waals surface area contributed by atoms with Crippen LogP contribution in [0.25, 0.3) is 5.65 Å². The molecule has 4 nitrogen and oxygen atoms in total. The number of nitrogens with zero attached hydrogens (tertiary/aromatic N) is 3. The largest absolute Gasteiger partial charge is 0.325 e. The molecule has 0 fully saturated rings. The highest BCUT2D eigenvalue weighted by Gasteiger charge is 2.38. The van der Waals surface area contributed by atoms with Gasteiger partial charge in [0.2, 0.25) is 0 Å². The molecule has 0 radical (unpaired) electrons. The number of hydrogen-bond acceptors (Lipinski definition) is 3. The van der Waals surface area contributed by atoms with Crippen LogP contribution in [-0.2, 0) is 5.41 Å². The smallest absolute Gasteiger partial charge is 0.160 e. The maximum absolute atomic E-state index is 6.21. The summed E-state index contributed by atoms with van der Waals surface area (Å²) in [6.45, 7) is 8.21. The van der Waals surface area contributed by atoms with E-state index in [0.717, 1.165) is 11.5 Å². The predicted octanol–water partition coefficient (Wildman–Crippen LogP) is 1.74. The molecule has 0 aromatic carbocycles. The number of pyridine rings is 1. The van der Waals surface area contributed by atoms with Gasteiger partial charge in [0.1, 0.15) is 5.82 Å². The molecule has 0 aliphatic rings. The molecule has 0 bridgehead atoms. The highest BCUT2D eigenvalue weighted by atomic mass is 15.3. The number of nitrogens with two attached hydrogens (primary N) is 1. The Kier molecular flexibility index (Phi) is 2.27. The van der Waals surface area contributed by atoms with E-state index in [1.807, 2.05) is 42.6 Å². The lowest BCUT2D eigenvalue weighted by molar-refractivity contribution is 0.289. The average molecular weight is 218 g/mol. The van der Waals surface area contributed by atoms with Crippen molar-refractivity contribution in [2.24, 2.45) is 5.73 Å². The Balaban J connectivity index is 2.64. The van der Waals surface area contributed by atoms with E-state index >= 15 is 0 Å². The summed E-state index contributed by atoms with van der Waals surface area (Å²) in [6.07, 6.45) is 1.97. The topological polar surface area (TPSA) is 56.2 Å². The summed E-state index contributed by atoms with van der Waals surface area (Å²) in [5.41, 5.74) is 6.47. The van der Waals surface area contributed by atoms with Crippen LogP contribution in [0.1, 0.15) is 33.5 Å². The maximum atomic E-state index is 6.21. The van der Waals surface area contributed by atoms with Gasteiger partial charge in [-0.05, 0) is 26.0 Å². The Morgan fingerprint density at radius 2 is 1.81 bits per heavy atom. The van der Waals surface area contributed by atoms with Crippen molar-refractivity contribution in [2.45, 2.75) is 38.6 Å². The minimum absolute atomic E-state index is 0.242. The molecule has 0 amide bonds. The summed E-state index contributed by atoms with van der Waals surface area (Å²) in [7, 11) is 0. The van der Waals surface area contributed by atoms with Gasteiger partial charge >= 0.3 is 0 Å². The molecule has 0 aliphatic carbocycles. The maximum Gasteiger partial charge on any atom is 0.160 e. The third kappa shape index (κ3) is 1.50. The Bertz CT molecular complexity index is 505. The summed E-state index contributed by atoms with van der Waals surface area (Å²) in [6, 6.07) is 5.87. The zero-order valence-corrected chi connectivity index (χ0v) is 10.2. The molecular formula is C12H18N4. The van der Waals surface area contributed by atoms with E-state index in [-0.39, 0.29) is 11.0 Å². The van der Waals surface area contributed by atoms with Gasteiger partial charge in [-0.15, -0.1) is 10.2 Å². The van der Waals surface area contributed by atoms with Gasteiger partial charge in [0, 0.05) is 17.2 Å². The molecule has 4 heteroatoms. The van der Waals surface area contributed by atoms with Crippen LogP contribution in [0.3, 0.4) is 0 Å². The minimum atomic E-state index is -0.355. The van der Waals surface area contributed by atoms with Crippen LogP contribution in [0.2, 0.25) is 0 Å². The van der Waals surface area contributed by atoms with E-state index in [0.29, 0.717) is 0 Å². The Hall–Kier alpha value is -1.42. The van der Waals surface area contributed by atoms with E-state index in [2.05, 4.69) is 24.0 Å². The van der Waals surface area contributed by atoms with Crippen molar-refractivity contribution >= 4 is 5.65 Å². The van der Waals surface area contributed by atoms with Crippen LogP contribution < -0.4 is 5.73 Å².